The average Bonchev–Trinajstić information content (AvgIpc) is 2.46. The van der Waals surface area contributed by atoms with E-state index in [1.807, 2.05) is 24.5 Å². The fourth-order valence-electron chi connectivity index (χ4n) is 1.61. The molecule has 0 saturated carbocycles. The summed E-state index contributed by atoms with van der Waals surface area (Å²) in [5.74, 6) is 1.27. The predicted octanol–water partition coefficient (Wildman–Crippen LogP) is 4.14. The Labute approximate surface area is 116 Å². The summed E-state index contributed by atoms with van der Waals surface area (Å²) in [6, 6.07) is 12.0. The van der Waals surface area contributed by atoms with Gasteiger partial charge in [-0.3, -0.25) is 0 Å². The van der Waals surface area contributed by atoms with Crippen molar-refractivity contribution < 1.29 is 13.9 Å². The highest BCUT2D eigenvalue weighted by Gasteiger charge is 2.02. The summed E-state index contributed by atoms with van der Waals surface area (Å²) in [7, 11) is 1.63. The first-order valence-corrected chi connectivity index (χ1v) is 7.04. The van der Waals surface area contributed by atoms with Crippen LogP contribution in [0.1, 0.15) is 5.56 Å². The Morgan fingerprint density at radius 1 is 1.05 bits per heavy atom. The molecule has 0 fully saturated rings. The molecule has 4 heteroatoms. The lowest BCUT2D eigenvalue weighted by atomic mass is 10.2. The first-order chi connectivity index (χ1) is 9.21. The molecule has 0 heterocycles. The van der Waals surface area contributed by atoms with Crippen molar-refractivity contribution in [2.45, 2.75) is 11.5 Å². The third-order valence-corrected chi connectivity index (χ3v) is 3.35. The molecule has 0 unspecified atom stereocenters. The van der Waals surface area contributed by atoms with Crippen LogP contribution < -0.4 is 9.47 Å². The number of benzene rings is 2. The number of ether oxygens (including phenoxy) is 2. The number of thioether (sulfide) groups is 1. The zero-order chi connectivity index (χ0) is 13.7. The average molecular weight is 278 g/mol. The normalized spacial score (nSPS) is 10.3. The van der Waals surface area contributed by atoms with Gasteiger partial charge in [0.25, 0.3) is 0 Å². The second kappa shape index (κ2) is 6.48. The summed E-state index contributed by atoms with van der Waals surface area (Å²) >= 11 is 1.63. The Balaban J connectivity index is 2.08. The molecule has 2 aromatic carbocycles. The Hall–Kier alpha value is -1.68. The molecule has 0 aromatic heterocycles. The molecule has 0 atom stereocenters. The third-order valence-electron chi connectivity index (χ3n) is 2.64. The molecule has 0 spiro atoms. The molecule has 2 aromatic rings. The zero-order valence-electron chi connectivity index (χ0n) is 10.9. The van der Waals surface area contributed by atoms with Gasteiger partial charge in [-0.15, -0.1) is 11.8 Å². The maximum Gasteiger partial charge on any atom is 0.124 e. The number of methoxy groups -OCH3 is 1. The van der Waals surface area contributed by atoms with Crippen LogP contribution in [0, 0.1) is 5.82 Å². The highest BCUT2D eigenvalue weighted by molar-refractivity contribution is 7.98. The smallest absolute Gasteiger partial charge is 0.124 e. The lowest BCUT2D eigenvalue weighted by Crippen LogP contribution is -1.96. The van der Waals surface area contributed by atoms with E-state index in [-0.39, 0.29) is 5.82 Å². The van der Waals surface area contributed by atoms with Crippen LogP contribution in [0.2, 0.25) is 0 Å². The Morgan fingerprint density at radius 3 is 2.37 bits per heavy atom. The molecule has 0 radical (unpaired) electrons. The van der Waals surface area contributed by atoms with Gasteiger partial charge in [-0.05, 0) is 36.1 Å². The van der Waals surface area contributed by atoms with Crippen LogP contribution in [0.5, 0.6) is 11.5 Å². The van der Waals surface area contributed by atoms with Crippen molar-refractivity contribution in [2.24, 2.45) is 0 Å². The predicted molar refractivity (Wildman–Crippen MR) is 75.5 cm³/mol. The molecule has 100 valence electrons. The summed E-state index contributed by atoms with van der Waals surface area (Å²) in [5, 5.41) is 0. The molecule has 0 amide bonds. The van der Waals surface area contributed by atoms with Gasteiger partial charge in [0, 0.05) is 11.0 Å². The maximum absolute atomic E-state index is 12.8. The minimum Gasteiger partial charge on any atom is -0.497 e. The number of halogens is 1. The van der Waals surface area contributed by atoms with Crippen LogP contribution in [-0.4, -0.2) is 13.4 Å². The van der Waals surface area contributed by atoms with Gasteiger partial charge >= 0.3 is 0 Å². The van der Waals surface area contributed by atoms with Crippen LogP contribution in [0.25, 0.3) is 0 Å². The number of hydrogen-bond donors (Lipinski definition) is 0. The Kier molecular flexibility index (Phi) is 4.68. The molecule has 0 aliphatic carbocycles. The van der Waals surface area contributed by atoms with Crippen molar-refractivity contribution in [1.29, 1.82) is 0 Å². The van der Waals surface area contributed by atoms with Crippen molar-refractivity contribution in [3.63, 3.8) is 0 Å². The van der Waals surface area contributed by atoms with Crippen LogP contribution in [-0.2, 0) is 6.61 Å². The standard InChI is InChI=1S/C15H15FO2S/c1-17-13-7-14(9-15(8-13)19-2)18-10-11-3-5-12(16)6-4-11/h3-9H,10H2,1-2H3. The Bertz CT molecular complexity index is 518. The van der Waals surface area contributed by atoms with Gasteiger partial charge in [0.05, 0.1) is 7.11 Å². The monoisotopic (exact) mass is 278 g/mol. The van der Waals surface area contributed by atoms with Gasteiger partial charge in [-0.25, -0.2) is 4.39 Å². The summed E-state index contributed by atoms with van der Waals surface area (Å²) in [5.41, 5.74) is 0.926. The largest absolute Gasteiger partial charge is 0.497 e. The number of hydrogen-bond acceptors (Lipinski definition) is 3. The quantitative estimate of drug-likeness (QED) is 0.766. The third kappa shape index (κ3) is 3.89. The molecule has 0 aliphatic rings. The van der Waals surface area contributed by atoms with Gasteiger partial charge in [0.2, 0.25) is 0 Å². The molecule has 19 heavy (non-hydrogen) atoms. The van der Waals surface area contributed by atoms with E-state index < -0.39 is 0 Å². The first kappa shape index (κ1) is 13.7. The van der Waals surface area contributed by atoms with Gasteiger partial charge in [-0.2, -0.15) is 0 Å². The minimum atomic E-state index is -0.241. The lowest BCUT2D eigenvalue weighted by molar-refractivity contribution is 0.302. The van der Waals surface area contributed by atoms with Crippen molar-refractivity contribution in [2.75, 3.05) is 13.4 Å². The van der Waals surface area contributed by atoms with E-state index >= 15 is 0 Å². The van der Waals surface area contributed by atoms with Gasteiger partial charge < -0.3 is 9.47 Å². The van der Waals surface area contributed by atoms with Crippen LogP contribution in [0.15, 0.2) is 47.4 Å². The van der Waals surface area contributed by atoms with E-state index in [0.29, 0.717) is 6.61 Å². The van der Waals surface area contributed by atoms with Crippen molar-refractivity contribution in [1.82, 2.24) is 0 Å². The molecular formula is C15H15FO2S. The van der Waals surface area contributed by atoms with Crippen molar-refractivity contribution in [3.05, 3.63) is 53.8 Å². The topological polar surface area (TPSA) is 18.5 Å². The van der Waals surface area contributed by atoms with Crippen LogP contribution >= 0.6 is 11.8 Å². The Morgan fingerprint density at radius 2 is 1.74 bits per heavy atom. The van der Waals surface area contributed by atoms with Crippen LogP contribution in [0.3, 0.4) is 0 Å². The number of rotatable bonds is 5. The summed E-state index contributed by atoms with van der Waals surface area (Å²) < 4.78 is 23.7. The second-order valence-corrected chi connectivity index (χ2v) is 4.84. The fraction of sp³-hybridized carbons (Fsp3) is 0.200. The second-order valence-electron chi connectivity index (χ2n) is 3.96. The van der Waals surface area contributed by atoms with E-state index in [9.17, 15) is 4.39 Å². The van der Waals surface area contributed by atoms with E-state index in [1.165, 1.54) is 12.1 Å². The molecule has 0 N–H and O–H groups in total. The highest BCUT2D eigenvalue weighted by Crippen LogP contribution is 2.28. The van der Waals surface area contributed by atoms with Gasteiger partial charge in [0.1, 0.15) is 23.9 Å². The molecule has 2 rings (SSSR count). The van der Waals surface area contributed by atoms with E-state index in [4.69, 9.17) is 9.47 Å². The molecular weight excluding hydrogens is 263 g/mol. The molecule has 0 saturated heterocycles. The minimum absolute atomic E-state index is 0.241. The molecule has 0 aliphatic heterocycles. The van der Waals surface area contributed by atoms with Gasteiger partial charge in [0.15, 0.2) is 0 Å². The molecule has 0 bridgehead atoms. The van der Waals surface area contributed by atoms with Crippen LogP contribution in [0.4, 0.5) is 4.39 Å². The fourth-order valence-corrected chi connectivity index (χ4v) is 2.08. The highest BCUT2D eigenvalue weighted by atomic mass is 32.2. The lowest BCUT2D eigenvalue weighted by Gasteiger charge is -2.10. The van der Waals surface area contributed by atoms with Crippen molar-refractivity contribution >= 4 is 11.8 Å². The van der Waals surface area contributed by atoms with E-state index in [2.05, 4.69) is 0 Å². The van der Waals surface area contributed by atoms with Crippen molar-refractivity contribution in [3.8, 4) is 11.5 Å². The van der Waals surface area contributed by atoms with Gasteiger partial charge in [-0.1, -0.05) is 12.1 Å². The van der Waals surface area contributed by atoms with E-state index in [1.54, 1.807) is 31.0 Å². The summed E-state index contributed by atoms with van der Waals surface area (Å²) in [4.78, 5) is 1.08. The molecule has 2 nitrogen and oxygen atoms in total. The SMILES string of the molecule is COc1cc(OCc2ccc(F)cc2)cc(SC)c1. The maximum atomic E-state index is 12.8. The summed E-state index contributed by atoms with van der Waals surface area (Å²) in [6.07, 6.45) is 2.00. The van der Waals surface area contributed by atoms with E-state index in [0.717, 1.165) is 22.0 Å². The zero-order valence-corrected chi connectivity index (χ0v) is 11.7. The summed E-state index contributed by atoms with van der Waals surface area (Å²) in [6.45, 7) is 0.404. The first-order valence-electron chi connectivity index (χ1n) is 5.81.